The number of hydrogen-bond donors (Lipinski definition) is 2. The molecule has 0 amide bonds. The Bertz CT molecular complexity index is 1570. The minimum Gasteiger partial charge on any atom is -0.450 e. The molecule has 38 heavy (non-hydrogen) atoms. The van der Waals surface area contributed by atoms with Crippen molar-refractivity contribution >= 4 is 40.2 Å². The summed E-state index contributed by atoms with van der Waals surface area (Å²) in [7, 11) is 1.80. The van der Waals surface area contributed by atoms with Crippen LogP contribution in [0.15, 0.2) is 48.0 Å². The number of aromatic nitrogens is 6. The molecule has 0 spiro atoms. The number of nitrogens with two attached hydrogens (primary N) is 1. The molecule has 0 unspecified atom stereocenters. The number of imidazole rings is 1. The van der Waals surface area contributed by atoms with Crippen molar-refractivity contribution in [1.29, 1.82) is 0 Å². The highest BCUT2D eigenvalue weighted by atomic mass is 35.5. The third-order valence-corrected chi connectivity index (χ3v) is 7.25. The number of ether oxygens (including phenoxy) is 2. The maximum Gasteiger partial charge on any atom is 0.274 e. The molecule has 196 valence electrons. The van der Waals surface area contributed by atoms with Crippen molar-refractivity contribution in [2.45, 2.75) is 37.6 Å². The lowest BCUT2D eigenvalue weighted by Crippen LogP contribution is -2.31. The first kappa shape index (κ1) is 24.4. The van der Waals surface area contributed by atoms with Crippen molar-refractivity contribution in [3.05, 3.63) is 69.9 Å². The van der Waals surface area contributed by atoms with Crippen LogP contribution in [0.1, 0.15) is 48.9 Å². The van der Waals surface area contributed by atoms with Gasteiger partial charge in [-0.3, -0.25) is 9.78 Å². The number of aryl methyl sites for hydroxylation is 1. The fraction of sp³-hybridized carbons (Fsp3) is 0.346. The molecule has 12 heteroatoms. The molecule has 1 saturated heterocycles. The SMILES string of the molecule is Cn1c(Nc2cc(C3CC3)cn([C@@H]3CCCOC3)c2=O)nc2ncc(O/C(=C/N)c3cnccn3)c(Cl)c21. The fourth-order valence-electron chi connectivity index (χ4n) is 4.70. The normalized spacial score (nSPS) is 18.1. The molecule has 0 radical (unpaired) electrons. The lowest BCUT2D eigenvalue weighted by Gasteiger charge is -2.25. The molecule has 2 aliphatic rings. The van der Waals surface area contributed by atoms with E-state index in [-0.39, 0.29) is 23.1 Å². The number of fused-ring (bicyclic) bond motifs is 1. The van der Waals surface area contributed by atoms with E-state index in [9.17, 15) is 4.79 Å². The van der Waals surface area contributed by atoms with Gasteiger partial charge in [0.05, 0.1) is 25.0 Å². The van der Waals surface area contributed by atoms with Gasteiger partial charge in [0.15, 0.2) is 17.2 Å². The summed E-state index contributed by atoms with van der Waals surface area (Å²) in [6.07, 6.45) is 13.5. The van der Waals surface area contributed by atoms with E-state index in [0.29, 0.717) is 46.0 Å². The molecule has 3 N–H and O–H groups in total. The topological polar surface area (TPSA) is 135 Å². The summed E-state index contributed by atoms with van der Waals surface area (Å²) in [5.41, 5.74) is 8.67. The molecule has 6 rings (SSSR count). The van der Waals surface area contributed by atoms with Crippen LogP contribution in [0.25, 0.3) is 16.9 Å². The molecule has 4 aromatic heterocycles. The van der Waals surface area contributed by atoms with Gasteiger partial charge < -0.3 is 29.7 Å². The Morgan fingerprint density at radius 2 is 2.13 bits per heavy atom. The largest absolute Gasteiger partial charge is 0.450 e. The van der Waals surface area contributed by atoms with Crippen molar-refractivity contribution in [1.82, 2.24) is 29.1 Å². The van der Waals surface area contributed by atoms with Gasteiger partial charge in [-0.2, -0.15) is 4.98 Å². The Morgan fingerprint density at radius 1 is 1.26 bits per heavy atom. The van der Waals surface area contributed by atoms with Gasteiger partial charge in [-0.1, -0.05) is 11.6 Å². The fourth-order valence-corrected chi connectivity index (χ4v) is 5.00. The highest BCUT2D eigenvalue weighted by Crippen LogP contribution is 2.41. The number of hydrogen-bond acceptors (Lipinski definition) is 9. The van der Waals surface area contributed by atoms with E-state index in [1.54, 1.807) is 17.8 Å². The molecular weight excluding hydrogens is 508 g/mol. The predicted molar refractivity (Wildman–Crippen MR) is 143 cm³/mol. The molecule has 1 saturated carbocycles. The predicted octanol–water partition coefficient (Wildman–Crippen LogP) is 3.88. The van der Waals surface area contributed by atoms with Gasteiger partial charge in [-0.15, -0.1) is 0 Å². The monoisotopic (exact) mass is 534 g/mol. The molecule has 4 aromatic rings. The van der Waals surface area contributed by atoms with Crippen LogP contribution in [-0.2, 0) is 11.8 Å². The van der Waals surface area contributed by atoms with Crippen LogP contribution in [-0.4, -0.2) is 42.3 Å². The second-order valence-electron chi connectivity index (χ2n) is 9.50. The third kappa shape index (κ3) is 4.59. The van der Waals surface area contributed by atoms with Crippen LogP contribution in [0.4, 0.5) is 11.6 Å². The van der Waals surface area contributed by atoms with Crippen LogP contribution >= 0.6 is 11.6 Å². The Hall–Kier alpha value is -3.96. The summed E-state index contributed by atoms with van der Waals surface area (Å²) in [5.74, 6) is 1.48. The van der Waals surface area contributed by atoms with Gasteiger partial charge in [0.25, 0.3) is 5.56 Å². The van der Waals surface area contributed by atoms with Crippen LogP contribution in [0.2, 0.25) is 5.02 Å². The van der Waals surface area contributed by atoms with Gasteiger partial charge in [0, 0.05) is 38.4 Å². The van der Waals surface area contributed by atoms with Crippen molar-refractivity contribution in [3.8, 4) is 5.75 Å². The number of pyridine rings is 2. The molecule has 5 heterocycles. The zero-order valence-corrected chi connectivity index (χ0v) is 21.6. The van der Waals surface area contributed by atoms with Crippen molar-refractivity contribution in [2.24, 2.45) is 12.8 Å². The van der Waals surface area contributed by atoms with E-state index >= 15 is 0 Å². The average Bonchev–Trinajstić information content (AvgIpc) is 3.75. The third-order valence-electron chi connectivity index (χ3n) is 6.88. The van der Waals surface area contributed by atoms with E-state index in [4.69, 9.17) is 26.8 Å². The quantitative estimate of drug-likeness (QED) is 0.338. The van der Waals surface area contributed by atoms with E-state index in [1.165, 1.54) is 24.8 Å². The summed E-state index contributed by atoms with van der Waals surface area (Å²) in [6.45, 7) is 1.27. The average molecular weight is 535 g/mol. The lowest BCUT2D eigenvalue weighted by molar-refractivity contribution is 0.0580. The molecule has 0 aromatic carbocycles. The number of halogens is 1. The number of rotatable bonds is 7. The molecule has 11 nitrogen and oxygen atoms in total. The van der Waals surface area contributed by atoms with Crippen LogP contribution in [0.5, 0.6) is 5.75 Å². The van der Waals surface area contributed by atoms with E-state index in [0.717, 1.165) is 37.9 Å². The Balaban J connectivity index is 1.35. The van der Waals surface area contributed by atoms with Crippen molar-refractivity contribution in [2.75, 3.05) is 18.5 Å². The number of anilines is 2. The first-order valence-electron chi connectivity index (χ1n) is 12.5. The first-order chi connectivity index (χ1) is 18.5. The summed E-state index contributed by atoms with van der Waals surface area (Å²) in [4.78, 5) is 30.8. The zero-order chi connectivity index (χ0) is 26.2. The van der Waals surface area contributed by atoms with Crippen LogP contribution in [0, 0.1) is 0 Å². The summed E-state index contributed by atoms with van der Waals surface area (Å²) >= 11 is 6.75. The summed E-state index contributed by atoms with van der Waals surface area (Å²) in [5, 5.41) is 3.54. The molecule has 0 bridgehead atoms. The van der Waals surface area contributed by atoms with Crippen molar-refractivity contribution < 1.29 is 9.47 Å². The second-order valence-corrected chi connectivity index (χ2v) is 9.87. The standard InChI is InChI=1S/C26H27ClN8O3/c1-34-23-22(27)21(38-20(10-28)19-11-29-6-7-30-19)12-31-24(23)33-26(34)32-18-9-16(15-4-5-15)13-35(25(18)36)17-3-2-8-37-14-17/h6-7,9-13,15,17H,2-5,8,14,28H2,1H3,(H,31,32,33)/b20-10+/t17-/m1/s1. The van der Waals surface area contributed by atoms with Crippen LogP contribution < -0.4 is 21.3 Å². The molecule has 1 atom stereocenters. The van der Waals surface area contributed by atoms with Gasteiger partial charge in [-0.05, 0) is 43.2 Å². The van der Waals surface area contributed by atoms with Gasteiger partial charge >= 0.3 is 0 Å². The van der Waals surface area contributed by atoms with Crippen molar-refractivity contribution in [3.63, 3.8) is 0 Å². The van der Waals surface area contributed by atoms with Gasteiger partial charge in [0.1, 0.15) is 21.9 Å². The second kappa shape index (κ2) is 10.1. The molecular formula is C26H27ClN8O3. The smallest absolute Gasteiger partial charge is 0.274 e. The Kier molecular flexibility index (Phi) is 6.46. The summed E-state index contributed by atoms with van der Waals surface area (Å²) in [6, 6.07) is 1.95. The first-order valence-corrected chi connectivity index (χ1v) is 12.9. The lowest BCUT2D eigenvalue weighted by atomic mass is 10.1. The minimum atomic E-state index is -0.110. The maximum absolute atomic E-state index is 13.5. The van der Waals surface area contributed by atoms with Crippen LogP contribution in [0.3, 0.4) is 0 Å². The number of nitrogens with one attached hydrogen (secondary N) is 1. The van der Waals surface area contributed by atoms with E-state index in [1.807, 2.05) is 16.8 Å². The Morgan fingerprint density at radius 3 is 2.84 bits per heavy atom. The zero-order valence-electron chi connectivity index (χ0n) is 20.8. The highest BCUT2D eigenvalue weighted by Gasteiger charge is 2.28. The number of nitrogens with zero attached hydrogens (tertiary/aromatic N) is 6. The molecule has 1 aliphatic heterocycles. The van der Waals surface area contributed by atoms with E-state index < -0.39 is 0 Å². The minimum absolute atomic E-state index is 0.0193. The highest BCUT2D eigenvalue weighted by molar-refractivity contribution is 6.36. The molecule has 1 aliphatic carbocycles. The van der Waals surface area contributed by atoms with Gasteiger partial charge in [-0.25, -0.2) is 9.97 Å². The maximum atomic E-state index is 13.5. The Labute approximate surface area is 223 Å². The van der Waals surface area contributed by atoms with E-state index in [2.05, 4.69) is 25.3 Å². The molecule has 2 fully saturated rings. The van der Waals surface area contributed by atoms with Gasteiger partial charge in [0.2, 0.25) is 5.95 Å². The summed E-state index contributed by atoms with van der Waals surface area (Å²) < 4.78 is 15.2.